The maximum atomic E-state index is 8.41. The van der Waals surface area contributed by atoms with Gasteiger partial charge in [0.1, 0.15) is 6.10 Å². The number of benzene rings is 1. The molecule has 1 unspecified atom stereocenters. The van der Waals surface area contributed by atoms with Crippen LogP contribution in [0.3, 0.4) is 0 Å². The summed E-state index contributed by atoms with van der Waals surface area (Å²) in [6, 6.07) is 5.27. The highest BCUT2D eigenvalue weighted by Crippen LogP contribution is 2.30. The Labute approximate surface area is 96.0 Å². The Bertz CT molecular complexity index is 446. The number of rotatable bonds is 3. The van der Waals surface area contributed by atoms with Crippen LogP contribution < -0.4 is 0 Å². The molecular weight excluding hydrogens is 258 g/mol. The van der Waals surface area contributed by atoms with E-state index in [9.17, 15) is 0 Å². The van der Waals surface area contributed by atoms with E-state index in [1.807, 2.05) is 6.07 Å². The van der Waals surface area contributed by atoms with Gasteiger partial charge in [-0.05, 0) is 17.7 Å². The molecule has 1 rings (SSSR count). The number of halogens is 1. The Hall–Kier alpha value is -1.47. The Kier molecular flexibility index (Phi) is 4.19. The lowest BCUT2D eigenvalue weighted by Gasteiger charge is -2.11. The largest absolute Gasteiger partial charge is 0.364 e. The van der Waals surface area contributed by atoms with Crippen LogP contribution in [0.4, 0.5) is 5.69 Å². The smallest absolute Gasteiger partial charge is 0.143 e. The summed E-state index contributed by atoms with van der Waals surface area (Å²) in [6.45, 7) is 0. The van der Waals surface area contributed by atoms with E-state index in [0.29, 0.717) is 11.3 Å². The van der Waals surface area contributed by atoms with E-state index in [4.69, 9.17) is 16.7 Å². The molecule has 0 radical (unpaired) electrons. The van der Waals surface area contributed by atoms with Crippen LogP contribution >= 0.6 is 15.9 Å². The van der Waals surface area contributed by atoms with Crippen molar-refractivity contribution in [2.24, 2.45) is 5.11 Å². The van der Waals surface area contributed by atoms with Gasteiger partial charge in [-0.15, -0.1) is 6.42 Å². The molecule has 0 aliphatic carbocycles. The average molecular weight is 266 g/mol. The predicted octanol–water partition coefficient (Wildman–Crippen LogP) is 3.71. The SMILES string of the molecule is C#CC(OC)c1ccc(Br)cc1N=[N+]=[N-]. The van der Waals surface area contributed by atoms with Crippen LogP contribution in [-0.4, -0.2) is 7.11 Å². The molecule has 0 aliphatic heterocycles. The fraction of sp³-hybridized carbons (Fsp3) is 0.200. The second kappa shape index (κ2) is 5.42. The number of ether oxygens (including phenoxy) is 1. The zero-order valence-electron chi connectivity index (χ0n) is 8.01. The monoisotopic (exact) mass is 265 g/mol. The molecule has 76 valence electrons. The highest BCUT2D eigenvalue weighted by Gasteiger charge is 2.11. The van der Waals surface area contributed by atoms with Gasteiger partial charge in [0, 0.05) is 27.7 Å². The van der Waals surface area contributed by atoms with Gasteiger partial charge in [-0.2, -0.15) is 0 Å². The van der Waals surface area contributed by atoms with Gasteiger partial charge in [-0.25, -0.2) is 0 Å². The van der Waals surface area contributed by atoms with E-state index in [2.05, 4.69) is 31.9 Å². The standard InChI is InChI=1S/C10H8BrN3O/c1-3-10(15-2)8-5-4-7(11)6-9(8)13-14-12/h1,4-6,10H,2H3. The fourth-order valence-electron chi connectivity index (χ4n) is 1.16. The first-order valence-corrected chi connectivity index (χ1v) is 4.85. The van der Waals surface area contributed by atoms with Gasteiger partial charge in [0.2, 0.25) is 0 Å². The molecule has 0 spiro atoms. The summed E-state index contributed by atoms with van der Waals surface area (Å²) in [5.41, 5.74) is 9.56. The summed E-state index contributed by atoms with van der Waals surface area (Å²) in [5.74, 6) is 2.47. The van der Waals surface area contributed by atoms with Crippen LogP contribution in [0, 0.1) is 12.3 Å². The number of nitrogens with zero attached hydrogens (tertiary/aromatic N) is 3. The third-order valence-corrected chi connectivity index (χ3v) is 2.31. The Balaban J connectivity index is 3.28. The maximum absolute atomic E-state index is 8.41. The van der Waals surface area contributed by atoms with Gasteiger partial charge < -0.3 is 4.74 Å². The minimum absolute atomic E-state index is 0.469. The summed E-state index contributed by atoms with van der Waals surface area (Å²) in [7, 11) is 1.51. The van der Waals surface area contributed by atoms with E-state index in [-0.39, 0.29) is 0 Å². The van der Waals surface area contributed by atoms with E-state index in [1.165, 1.54) is 7.11 Å². The van der Waals surface area contributed by atoms with E-state index in [0.717, 1.165) is 4.47 Å². The maximum Gasteiger partial charge on any atom is 0.143 e. The number of hydrogen-bond donors (Lipinski definition) is 0. The van der Waals surface area contributed by atoms with Crippen LogP contribution in [-0.2, 0) is 4.74 Å². The van der Waals surface area contributed by atoms with Gasteiger partial charge in [0.25, 0.3) is 0 Å². The quantitative estimate of drug-likeness (QED) is 0.356. The summed E-state index contributed by atoms with van der Waals surface area (Å²) in [6.07, 6.45) is 4.80. The number of hydrogen-bond acceptors (Lipinski definition) is 2. The molecule has 4 nitrogen and oxygen atoms in total. The molecule has 0 aromatic heterocycles. The Morgan fingerprint density at radius 2 is 2.40 bits per heavy atom. The molecule has 5 heteroatoms. The molecule has 0 heterocycles. The van der Waals surface area contributed by atoms with Gasteiger partial charge >= 0.3 is 0 Å². The van der Waals surface area contributed by atoms with Crippen LogP contribution in [0.5, 0.6) is 0 Å². The summed E-state index contributed by atoms with van der Waals surface area (Å²) in [4.78, 5) is 2.74. The predicted molar refractivity (Wildman–Crippen MR) is 61.5 cm³/mol. The van der Waals surface area contributed by atoms with Crippen molar-refractivity contribution in [3.05, 3.63) is 38.7 Å². The first-order chi connectivity index (χ1) is 7.22. The minimum Gasteiger partial charge on any atom is -0.364 e. The molecule has 0 bridgehead atoms. The topological polar surface area (TPSA) is 58.0 Å². The van der Waals surface area contributed by atoms with Crippen molar-refractivity contribution >= 4 is 21.6 Å². The van der Waals surface area contributed by atoms with E-state index in [1.54, 1.807) is 12.1 Å². The van der Waals surface area contributed by atoms with Crippen LogP contribution in [0.25, 0.3) is 10.4 Å². The molecule has 0 N–H and O–H groups in total. The molecule has 0 fully saturated rings. The van der Waals surface area contributed by atoms with Gasteiger partial charge in [0.15, 0.2) is 0 Å². The Morgan fingerprint density at radius 1 is 1.67 bits per heavy atom. The lowest BCUT2D eigenvalue weighted by molar-refractivity contribution is 0.151. The zero-order valence-corrected chi connectivity index (χ0v) is 9.60. The summed E-state index contributed by atoms with van der Waals surface area (Å²) < 4.78 is 5.90. The first kappa shape index (κ1) is 11.6. The molecule has 1 aromatic rings. The lowest BCUT2D eigenvalue weighted by atomic mass is 10.1. The summed E-state index contributed by atoms with van der Waals surface area (Å²) >= 11 is 3.28. The van der Waals surface area contributed by atoms with Crippen molar-refractivity contribution in [3.8, 4) is 12.3 Å². The molecule has 15 heavy (non-hydrogen) atoms. The van der Waals surface area contributed by atoms with Gasteiger partial charge in [-0.1, -0.05) is 33.0 Å². The molecule has 1 atom stereocenters. The second-order valence-corrected chi connectivity index (χ2v) is 3.59. The normalized spacial score (nSPS) is 11.3. The minimum atomic E-state index is -0.501. The van der Waals surface area contributed by atoms with Crippen molar-refractivity contribution in [2.45, 2.75) is 6.10 Å². The number of methoxy groups -OCH3 is 1. The molecule has 0 aliphatic rings. The zero-order chi connectivity index (χ0) is 11.3. The second-order valence-electron chi connectivity index (χ2n) is 2.67. The molecule has 0 saturated heterocycles. The van der Waals surface area contributed by atoms with E-state index < -0.39 is 6.10 Å². The van der Waals surface area contributed by atoms with Crippen molar-refractivity contribution in [1.82, 2.24) is 0 Å². The summed E-state index contributed by atoms with van der Waals surface area (Å²) in [5, 5.41) is 3.56. The first-order valence-electron chi connectivity index (χ1n) is 4.06. The van der Waals surface area contributed by atoms with E-state index >= 15 is 0 Å². The van der Waals surface area contributed by atoms with Gasteiger partial charge in [0.05, 0.1) is 0 Å². The molecular formula is C10H8BrN3O. The van der Waals surface area contributed by atoms with Crippen LogP contribution in [0.15, 0.2) is 27.8 Å². The van der Waals surface area contributed by atoms with Gasteiger partial charge in [-0.3, -0.25) is 0 Å². The van der Waals surface area contributed by atoms with Crippen molar-refractivity contribution in [1.29, 1.82) is 0 Å². The molecule has 0 saturated carbocycles. The van der Waals surface area contributed by atoms with Crippen LogP contribution in [0.1, 0.15) is 11.7 Å². The average Bonchev–Trinajstić information content (AvgIpc) is 2.23. The highest BCUT2D eigenvalue weighted by atomic mass is 79.9. The Morgan fingerprint density at radius 3 is 2.93 bits per heavy atom. The van der Waals surface area contributed by atoms with Crippen molar-refractivity contribution in [2.75, 3.05) is 7.11 Å². The molecule has 1 aromatic carbocycles. The third kappa shape index (κ3) is 2.74. The molecule has 0 amide bonds. The highest BCUT2D eigenvalue weighted by molar-refractivity contribution is 9.10. The third-order valence-electron chi connectivity index (χ3n) is 1.81. The fourth-order valence-corrected chi connectivity index (χ4v) is 1.51. The lowest BCUT2D eigenvalue weighted by Crippen LogP contribution is -1.98. The number of azide groups is 1. The number of terminal acetylenes is 1. The van der Waals surface area contributed by atoms with Crippen molar-refractivity contribution in [3.63, 3.8) is 0 Å². The van der Waals surface area contributed by atoms with Crippen molar-refractivity contribution < 1.29 is 4.74 Å². The van der Waals surface area contributed by atoms with Crippen LogP contribution in [0.2, 0.25) is 0 Å².